The molecule has 4 heterocycles. The summed E-state index contributed by atoms with van der Waals surface area (Å²) in [6, 6.07) is 11.1. The zero-order valence-electron chi connectivity index (χ0n) is 14.2. The van der Waals surface area contributed by atoms with Crippen molar-refractivity contribution in [2.45, 2.75) is 37.9 Å². The Balaban J connectivity index is 1.59. The second kappa shape index (κ2) is 5.76. The lowest BCUT2D eigenvalue weighted by Gasteiger charge is -2.27. The zero-order chi connectivity index (χ0) is 17.7. The Morgan fingerprint density at radius 3 is 2.65 bits per heavy atom. The highest BCUT2D eigenvalue weighted by Crippen LogP contribution is 2.32. The number of benzene rings is 1. The van der Waals surface area contributed by atoms with E-state index in [9.17, 15) is 9.59 Å². The predicted octanol–water partition coefficient (Wildman–Crippen LogP) is 2.02. The molecule has 2 bridgehead atoms. The van der Waals surface area contributed by atoms with Crippen molar-refractivity contribution in [2.24, 2.45) is 0 Å². The summed E-state index contributed by atoms with van der Waals surface area (Å²) < 4.78 is 1.78. The summed E-state index contributed by atoms with van der Waals surface area (Å²) in [6.45, 7) is 0.513. The van der Waals surface area contributed by atoms with Gasteiger partial charge in [0.2, 0.25) is 0 Å². The number of nitrogens with zero attached hydrogens (tertiary/aromatic N) is 4. The van der Waals surface area contributed by atoms with Crippen molar-refractivity contribution >= 4 is 16.8 Å². The third kappa shape index (κ3) is 2.25. The molecule has 0 radical (unpaired) electrons. The number of aromatic nitrogens is 3. The van der Waals surface area contributed by atoms with Gasteiger partial charge in [0.05, 0.1) is 16.9 Å². The van der Waals surface area contributed by atoms with Gasteiger partial charge in [0.25, 0.3) is 11.5 Å². The third-order valence-corrected chi connectivity index (χ3v) is 5.53. The summed E-state index contributed by atoms with van der Waals surface area (Å²) in [5.74, 6) is 0.804. The largest absolute Gasteiger partial charge is 0.330 e. The lowest BCUT2D eigenvalue weighted by molar-refractivity contribution is 0.0665. The summed E-state index contributed by atoms with van der Waals surface area (Å²) in [5.41, 5.74) is 1.37. The van der Waals surface area contributed by atoms with Crippen molar-refractivity contribution < 1.29 is 4.79 Å². The van der Waals surface area contributed by atoms with Crippen LogP contribution in [0.4, 0.5) is 0 Å². The van der Waals surface area contributed by atoms with Gasteiger partial charge in [-0.2, -0.15) is 0 Å². The van der Waals surface area contributed by atoms with Gasteiger partial charge in [0.15, 0.2) is 0 Å². The second-order valence-corrected chi connectivity index (χ2v) is 7.00. The first-order chi connectivity index (χ1) is 12.7. The molecule has 5 rings (SSSR count). The fourth-order valence-corrected chi connectivity index (χ4v) is 4.30. The minimum Gasteiger partial charge on any atom is -0.330 e. The highest BCUT2D eigenvalue weighted by molar-refractivity contribution is 5.94. The molecule has 0 spiro atoms. The van der Waals surface area contributed by atoms with E-state index in [1.165, 1.54) is 0 Å². The average Bonchev–Trinajstić information content (AvgIpc) is 2.98. The molecule has 3 aromatic rings. The molecule has 2 aliphatic heterocycles. The van der Waals surface area contributed by atoms with Crippen LogP contribution in [0.3, 0.4) is 0 Å². The monoisotopic (exact) mass is 346 g/mol. The molecule has 1 saturated heterocycles. The van der Waals surface area contributed by atoms with Crippen molar-refractivity contribution in [1.82, 2.24) is 19.4 Å². The minimum absolute atomic E-state index is 0.00513. The van der Waals surface area contributed by atoms with E-state index in [0.717, 1.165) is 24.2 Å². The lowest BCUT2D eigenvalue weighted by Crippen LogP contribution is -2.42. The van der Waals surface area contributed by atoms with Crippen LogP contribution in [0, 0.1) is 0 Å². The zero-order valence-corrected chi connectivity index (χ0v) is 14.2. The van der Waals surface area contributed by atoms with Gasteiger partial charge in [0, 0.05) is 37.0 Å². The average molecular weight is 346 g/mol. The molecule has 6 heteroatoms. The van der Waals surface area contributed by atoms with Crippen LogP contribution in [-0.4, -0.2) is 37.4 Å². The maximum absolute atomic E-state index is 13.1. The number of hydrogen-bond acceptors (Lipinski definition) is 4. The van der Waals surface area contributed by atoms with Crippen LogP contribution in [0.25, 0.3) is 10.9 Å². The fourth-order valence-electron chi connectivity index (χ4n) is 4.30. The van der Waals surface area contributed by atoms with E-state index in [-0.39, 0.29) is 23.6 Å². The van der Waals surface area contributed by atoms with Crippen molar-refractivity contribution in [3.05, 3.63) is 70.5 Å². The Kier molecular flexibility index (Phi) is 3.38. The molecule has 0 N–H and O–H groups in total. The molecule has 2 atom stereocenters. The van der Waals surface area contributed by atoms with Crippen LogP contribution in [-0.2, 0) is 13.0 Å². The van der Waals surface area contributed by atoms with Crippen LogP contribution in [0.5, 0.6) is 0 Å². The number of rotatable bonds is 1. The van der Waals surface area contributed by atoms with E-state index in [0.29, 0.717) is 23.9 Å². The number of fused-ring (bicyclic) bond motifs is 4. The number of carbonyl (C=O) groups excluding carboxylic acids is 1. The van der Waals surface area contributed by atoms with Crippen molar-refractivity contribution in [2.75, 3.05) is 0 Å². The van der Waals surface area contributed by atoms with E-state index < -0.39 is 0 Å². The quantitative estimate of drug-likeness (QED) is 0.676. The highest BCUT2D eigenvalue weighted by atomic mass is 16.2. The van der Waals surface area contributed by atoms with Crippen LogP contribution in [0.15, 0.2) is 53.6 Å². The standard InChI is InChI=1S/C20H18N4O2/c25-19(13-7-9-21-10-8-13)24-14-5-6-15(24)12-23-18(11-14)22-17-4-2-1-3-16(17)20(23)26/h1-4,7-10,14-15H,5-6,11-12H2/t14-,15-/m1/s1. The molecule has 0 aliphatic carbocycles. The molecular weight excluding hydrogens is 328 g/mol. The number of para-hydroxylation sites is 1. The molecule has 2 aromatic heterocycles. The number of hydrogen-bond donors (Lipinski definition) is 0. The van der Waals surface area contributed by atoms with Gasteiger partial charge in [-0.1, -0.05) is 12.1 Å². The van der Waals surface area contributed by atoms with E-state index in [1.54, 1.807) is 29.1 Å². The fraction of sp³-hybridized carbons (Fsp3) is 0.300. The topological polar surface area (TPSA) is 68.1 Å². The predicted molar refractivity (Wildman–Crippen MR) is 96.9 cm³/mol. The van der Waals surface area contributed by atoms with Crippen molar-refractivity contribution in [1.29, 1.82) is 0 Å². The Morgan fingerprint density at radius 1 is 1.04 bits per heavy atom. The highest BCUT2D eigenvalue weighted by Gasteiger charge is 2.40. The van der Waals surface area contributed by atoms with Crippen LogP contribution in [0.2, 0.25) is 0 Å². The lowest BCUT2D eigenvalue weighted by atomic mass is 10.1. The minimum atomic E-state index is -0.00513. The molecule has 1 aromatic carbocycles. The Bertz CT molecular complexity index is 1060. The second-order valence-electron chi connectivity index (χ2n) is 7.00. The Morgan fingerprint density at radius 2 is 1.81 bits per heavy atom. The van der Waals surface area contributed by atoms with Gasteiger partial charge >= 0.3 is 0 Å². The molecule has 6 nitrogen and oxygen atoms in total. The van der Waals surface area contributed by atoms with Gasteiger partial charge in [-0.3, -0.25) is 19.1 Å². The summed E-state index contributed by atoms with van der Waals surface area (Å²) in [4.78, 5) is 36.7. The van der Waals surface area contributed by atoms with E-state index in [1.807, 2.05) is 29.2 Å². The number of amides is 1. The normalized spacial score (nSPS) is 21.5. The first-order valence-corrected chi connectivity index (χ1v) is 8.93. The van der Waals surface area contributed by atoms with Gasteiger partial charge in [-0.15, -0.1) is 0 Å². The smallest absolute Gasteiger partial charge is 0.261 e. The summed E-state index contributed by atoms with van der Waals surface area (Å²) in [7, 11) is 0. The molecule has 1 fully saturated rings. The Hall–Kier alpha value is -3.02. The SMILES string of the molecule is O=C(c1ccncc1)N1[C@@H]2CC[C@@H]1Cn1c(nc3ccccc3c1=O)C2. The molecule has 26 heavy (non-hydrogen) atoms. The first-order valence-electron chi connectivity index (χ1n) is 8.93. The Labute approximate surface area is 150 Å². The molecule has 1 amide bonds. The summed E-state index contributed by atoms with van der Waals surface area (Å²) in [6.07, 6.45) is 5.76. The van der Waals surface area contributed by atoms with Gasteiger partial charge < -0.3 is 4.90 Å². The van der Waals surface area contributed by atoms with Crippen LogP contribution < -0.4 is 5.56 Å². The summed E-state index contributed by atoms with van der Waals surface area (Å²) in [5, 5.41) is 0.640. The molecule has 130 valence electrons. The number of pyridine rings is 1. The first kappa shape index (κ1) is 15.3. The maximum atomic E-state index is 13.1. The maximum Gasteiger partial charge on any atom is 0.261 e. The van der Waals surface area contributed by atoms with Crippen LogP contribution in [0.1, 0.15) is 29.0 Å². The van der Waals surface area contributed by atoms with E-state index in [2.05, 4.69) is 4.98 Å². The van der Waals surface area contributed by atoms with Crippen LogP contribution >= 0.6 is 0 Å². The van der Waals surface area contributed by atoms with Gasteiger partial charge in [0.1, 0.15) is 5.82 Å². The van der Waals surface area contributed by atoms with Gasteiger partial charge in [-0.25, -0.2) is 4.98 Å². The molecule has 0 unspecified atom stereocenters. The molecule has 0 saturated carbocycles. The molecular formula is C20H18N4O2. The van der Waals surface area contributed by atoms with E-state index >= 15 is 0 Å². The third-order valence-electron chi connectivity index (χ3n) is 5.53. The van der Waals surface area contributed by atoms with E-state index in [4.69, 9.17) is 4.98 Å². The summed E-state index contributed by atoms with van der Waals surface area (Å²) >= 11 is 0. The number of carbonyl (C=O) groups is 1. The van der Waals surface area contributed by atoms with Crippen molar-refractivity contribution in [3.63, 3.8) is 0 Å². The van der Waals surface area contributed by atoms with Gasteiger partial charge in [-0.05, 0) is 37.1 Å². The van der Waals surface area contributed by atoms with Crippen molar-refractivity contribution in [3.8, 4) is 0 Å². The molecule has 2 aliphatic rings.